The van der Waals surface area contributed by atoms with E-state index in [1.165, 1.54) is 12.8 Å². The fourth-order valence-electron chi connectivity index (χ4n) is 3.22. The van der Waals surface area contributed by atoms with Crippen molar-refractivity contribution in [2.24, 2.45) is 0 Å². The van der Waals surface area contributed by atoms with E-state index in [0.717, 1.165) is 25.3 Å². The molecule has 2 heterocycles. The molecular weight excluding hydrogens is 352 g/mol. The largest absolute Gasteiger partial charge is 0.493 e. The normalized spacial score (nSPS) is 15.3. The summed E-state index contributed by atoms with van der Waals surface area (Å²) < 4.78 is 11.3. The van der Waals surface area contributed by atoms with Gasteiger partial charge in [-0.15, -0.1) is 12.4 Å². The van der Waals surface area contributed by atoms with Crippen LogP contribution in [-0.2, 0) is 0 Å². The average molecular weight is 379 g/mol. The Labute approximate surface area is 161 Å². The third kappa shape index (κ3) is 5.02. The van der Waals surface area contributed by atoms with Crippen LogP contribution in [0.3, 0.4) is 0 Å². The second-order valence-corrected chi connectivity index (χ2v) is 6.33. The van der Waals surface area contributed by atoms with E-state index in [4.69, 9.17) is 9.15 Å². The summed E-state index contributed by atoms with van der Waals surface area (Å²) in [6, 6.07) is 11.3. The monoisotopic (exact) mass is 378 g/mol. The summed E-state index contributed by atoms with van der Waals surface area (Å²) in [6.07, 6.45) is 4.98. The molecule has 1 aliphatic heterocycles. The number of amides is 1. The van der Waals surface area contributed by atoms with Crippen LogP contribution in [0.5, 0.6) is 5.75 Å². The van der Waals surface area contributed by atoms with E-state index in [9.17, 15) is 4.79 Å². The molecule has 0 aliphatic carbocycles. The highest BCUT2D eigenvalue weighted by atomic mass is 35.5. The highest BCUT2D eigenvalue weighted by Crippen LogP contribution is 2.25. The molecule has 142 valence electrons. The first-order valence-electron chi connectivity index (χ1n) is 9.07. The fraction of sp³-hybridized carbons (Fsp3) is 0.450. The minimum absolute atomic E-state index is 0. The molecule has 1 N–H and O–H groups in total. The topological polar surface area (TPSA) is 54.7 Å². The molecule has 2 aromatic rings. The van der Waals surface area contributed by atoms with Crippen LogP contribution >= 0.6 is 12.4 Å². The molecule has 26 heavy (non-hydrogen) atoms. The van der Waals surface area contributed by atoms with Gasteiger partial charge in [-0.25, -0.2) is 0 Å². The van der Waals surface area contributed by atoms with E-state index in [0.29, 0.717) is 24.5 Å². The number of ether oxygens (including phenoxy) is 1. The van der Waals surface area contributed by atoms with Crippen LogP contribution in [0.15, 0.2) is 47.1 Å². The Hall–Kier alpha value is -1.98. The lowest BCUT2D eigenvalue weighted by molar-refractivity contribution is 0.0929. The maximum absolute atomic E-state index is 12.7. The van der Waals surface area contributed by atoms with E-state index in [-0.39, 0.29) is 24.4 Å². The van der Waals surface area contributed by atoms with Gasteiger partial charge in [-0.2, -0.15) is 0 Å². The minimum atomic E-state index is -0.109. The van der Waals surface area contributed by atoms with Gasteiger partial charge < -0.3 is 14.5 Å². The van der Waals surface area contributed by atoms with Crippen LogP contribution in [0, 0.1) is 0 Å². The van der Waals surface area contributed by atoms with E-state index < -0.39 is 0 Å². The van der Waals surface area contributed by atoms with Crippen LogP contribution < -0.4 is 10.1 Å². The lowest BCUT2D eigenvalue weighted by atomic mass is 10.1. The standard InChI is InChI=1S/C20H26N2O3.ClH/c1-2-13-24-18-9-4-3-8-16(18)20(23)21-15-17(19-10-7-14-25-19)22-11-5-6-12-22;/h3-4,7-10,14,17H,2,5-6,11-13,15H2,1H3,(H,21,23);1H. The Kier molecular flexibility index (Phi) is 8.01. The predicted molar refractivity (Wildman–Crippen MR) is 104 cm³/mol. The van der Waals surface area contributed by atoms with Gasteiger partial charge in [0, 0.05) is 6.54 Å². The number of carbonyl (C=O) groups excluding carboxylic acids is 1. The molecule has 1 unspecified atom stereocenters. The van der Waals surface area contributed by atoms with Crippen molar-refractivity contribution in [3.05, 3.63) is 54.0 Å². The second-order valence-electron chi connectivity index (χ2n) is 6.33. The molecule has 0 radical (unpaired) electrons. The van der Waals surface area contributed by atoms with Gasteiger partial charge in [0.05, 0.1) is 24.5 Å². The Bertz CT molecular complexity index is 669. The number of carbonyl (C=O) groups is 1. The summed E-state index contributed by atoms with van der Waals surface area (Å²) in [5, 5.41) is 3.06. The second kappa shape index (κ2) is 10.2. The number of rotatable bonds is 8. The molecule has 6 heteroatoms. The zero-order valence-corrected chi connectivity index (χ0v) is 16.0. The highest BCUT2D eigenvalue weighted by Gasteiger charge is 2.26. The molecule has 1 saturated heterocycles. The van der Waals surface area contributed by atoms with E-state index in [1.54, 1.807) is 12.3 Å². The molecule has 1 aliphatic rings. The van der Waals surface area contributed by atoms with Gasteiger partial charge in [0.15, 0.2) is 0 Å². The number of para-hydroxylation sites is 1. The van der Waals surface area contributed by atoms with Crippen LogP contribution in [0.25, 0.3) is 0 Å². The zero-order chi connectivity index (χ0) is 17.5. The van der Waals surface area contributed by atoms with Crippen molar-refractivity contribution in [1.29, 1.82) is 0 Å². The van der Waals surface area contributed by atoms with Gasteiger partial charge >= 0.3 is 0 Å². The van der Waals surface area contributed by atoms with Gasteiger partial charge in [0.25, 0.3) is 5.91 Å². The Morgan fingerprint density at radius 1 is 1.23 bits per heavy atom. The lowest BCUT2D eigenvalue weighted by Gasteiger charge is -2.26. The summed E-state index contributed by atoms with van der Waals surface area (Å²) in [6.45, 7) is 5.25. The molecule has 0 spiro atoms. The van der Waals surface area contributed by atoms with Crippen LogP contribution in [-0.4, -0.2) is 37.0 Å². The molecule has 1 amide bonds. The van der Waals surface area contributed by atoms with Crippen LogP contribution in [0.1, 0.15) is 48.3 Å². The molecule has 1 aromatic carbocycles. The number of furan rings is 1. The molecule has 0 bridgehead atoms. The maximum atomic E-state index is 12.7. The smallest absolute Gasteiger partial charge is 0.255 e. The van der Waals surface area contributed by atoms with Crippen molar-refractivity contribution < 1.29 is 13.9 Å². The van der Waals surface area contributed by atoms with E-state index in [1.807, 2.05) is 37.3 Å². The third-order valence-corrected chi connectivity index (χ3v) is 4.50. The highest BCUT2D eigenvalue weighted by molar-refractivity contribution is 5.96. The number of nitrogens with one attached hydrogen (secondary N) is 1. The van der Waals surface area contributed by atoms with Gasteiger partial charge in [-0.05, 0) is 56.6 Å². The molecule has 1 atom stereocenters. The number of hydrogen-bond donors (Lipinski definition) is 1. The third-order valence-electron chi connectivity index (χ3n) is 4.50. The SMILES string of the molecule is CCCOc1ccccc1C(=O)NCC(c1ccco1)N1CCCC1.Cl. The van der Waals surface area contributed by atoms with Crippen molar-refractivity contribution >= 4 is 18.3 Å². The summed E-state index contributed by atoms with van der Waals surface area (Å²) in [5.74, 6) is 1.43. The van der Waals surface area contributed by atoms with Gasteiger partial charge in [-0.3, -0.25) is 9.69 Å². The Morgan fingerprint density at radius 3 is 2.69 bits per heavy atom. The molecule has 5 nitrogen and oxygen atoms in total. The van der Waals surface area contributed by atoms with Gasteiger partial charge in [-0.1, -0.05) is 19.1 Å². The molecule has 0 saturated carbocycles. The molecule has 3 rings (SSSR count). The average Bonchev–Trinajstić information content (AvgIpc) is 3.34. The zero-order valence-electron chi connectivity index (χ0n) is 15.1. The Morgan fingerprint density at radius 2 is 2.00 bits per heavy atom. The van der Waals surface area contributed by atoms with Gasteiger partial charge in [0.2, 0.25) is 0 Å². The summed E-state index contributed by atoms with van der Waals surface area (Å²) in [4.78, 5) is 15.1. The van der Waals surface area contributed by atoms with Crippen molar-refractivity contribution in [2.75, 3.05) is 26.2 Å². The molecule has 1 fully saturated rings. The van der Waals surface area contributed by atoms with Crippen molar-refractivity contribution in [3.8, 4) is 5.75 Å². The quantitative estimate of drug-likeness (QED) is 0.752. The fourth-order valence-corrected chi connectivity index (χ4v) is 3.22. The van der Waals surface area contributed by atoms with Crippen molar-refractivity contribution in [1.82, 2.24) is 10.2 Å². The van der Waals surface area contributed by atoms with Crippen LogP contribution in [0.4, 0.5) is 0 Å². The summed E-state index contributed by atoms with van der Waals surface area (Å²) in [5.41, 5.74) is 0.579. The Balaban J connectivity index is 0.00000243. The van der Waals surface area contributed by atoms with Crippen molar-refractivity contribution in [3.63, 3.8) is 0 Å². The van der Waals surface area contributed by atoms with E-state index in [2.05, 4.69) is 10.2 Å². The van der Waals surface area contributed by atoms with E-state index >= 15 is 0 Å². The van der Waals surface area contributed by atoms with Gasteiger partial charge in [0.1, 0.15) is 11.5 Å². The van der Waals surface area contributed by atoms with Crippen molar-refractivity contribution in [2.45, 2.75) is 32.2 Å². The number of hydrogen-bond acceptors (Lipinski definition) is 4. The first-order valence-corrected chi connectivity index (χ1v) is 9.07. The number of halogens is 1. The number of likely N-dealkylation sites (tertiary alicyclic amines) is 1. The number of benzene rings is 1. The summed E-state index contributed by atoms with van der Waals surface area (Å²) in [7, 11) is 0. The molecule has 1 aromatic heterocycles. The first kappa shape index (κ1) is 20.3. The first-order chi connectivity index (χ1) is 12.3. The minimum Gasteiger partial charge on any atom is -0.493 e. The number of nitrogens with zero attached hydrogens (tertiary/aromatic N) is 1. The molecular formula is C20H27ClN2O3. The van der Waals surface area contributed by atoms with Crippen LogP contribution in [0.2, 0.25) is 0 Å². The lowest BCUT2D eigenvalue weighted by Crippen LogP contribution is -2.36. The predicted octanol–water partition coefficient (Wildman–Crippen LogP) is 4.06. The maximum Gasteiger partial charge on any atom is 0.255 e. The summed E-state index contributed by atoms with van der Waals surface area (Å²) >= 11 is 0.